The molecule has 0 saturated heterocycles. The molecule has 2 heteroatoms. The molecule has 1 N–H and O–H groups in total. The third-order valence-corrected chi connectivity index (χ3v) is 3.00. The third kappa shape index (κ3) is 1.56. The number of aliphatic hydroxyl groups is 1. The molecule has 1 aliphatic rings. The van der Waals surface area contributed by atoms with Crippen molar-refractivity contribution in [2.24, 2.45) is 0 Å². The number of nitrogens with zero attached hydrogens (tertiary/aromatic N) is 1. The van der Waals surface area contributed by atoms with Crippen LogP contribution in [0.3, 0.4) is 0 Å². The number of fused-ring (bicyclic) bond motifs is 1. The zero-order valence-corrected chi connectivity index (χ0v) is 8.77. The summed E-state index contributed by atoms with van der Waals surface area (Å²) in [6.45, 7) is 0. The van der Waals surface area contributed by atoms with Gasteiger partial charge in [-0.25, -0.2) is 0 Å². The average molecular weight is 191 g/mol. The van der Waals surface area contributed by atoms with Crippen molar-refractivity contribution in [1.29, 1.82) is 0 Å². The average Bonchev–Trinajstić information content (AvgIpc) is 2.17. The van der Waals surface area contributed by atoms with Crippen LogP contribution in [0.2, 0.25) is 0 Å². The van der Waals surface area contributed by atoms with Gasteiger partial charge in [0.1, 0.15) is 0 Å². The van der Waals surface area contributed by atoms with Crippen molar-refractivity contribution in [3.05, 3.63) is 35.4 Å². The summed E-state index contributed by atoms with van der Waals surface area (Å²) in [6, 6.07) is 8.58. The smallest absolute Gasteiger partial charge is 0.0740 e. The van der Waals surface area contributed by atoms with Crippen LogP contribution in [0.1, 0.15) is 23.6 Å². The highest BCUT2D eigenvalue weighted by atomic mass is 16.3. The van der Waals surface area contributed by atoms with E-state index < -0.39 is 0 Å². The summed E-state index contributed by atoms with van der Waals surface area (Å²) in [5, 5.41) is 9.94. The van der Waals surface area contributed by atoms with Crippen LogP contribution >= 0.6 is 0 Å². The molecule has 0 spiro atoms. The van der Waals surface area contributed by atoms with Gasteiger partial charge in [0.2, 0.25) is 0 Å². The van der Waals surface area contributed by atoms with Gasteiger partial charge in [-0.2, -0.15) is 0 Å². The lowest BCUT2D eigenvalue weighted by Crippen LogP contribution is -2.35. The van der Waals surface area contributed by atoms with E-state index in [0.29, 0.717) is 0 Å². The first-order valence-corrected chi connectivity index (χ1v) is 5.12. The van der Waals surface area contributed by atoms with E-state index in [1.54, 1.807) is 0 Å². The fourth-order valence-corrected chi connectivity index (χ4v) is 2.34. The predicted molar refractivity (Wildman–Crippen MR) is 57.2 cm³/mol. The van der Waals surface area contributed by atoms with Crippen LogP contribution in [0, 0.1) is 0 Å². The summed E-state index contributed by atoms with van der Waals surface area (Å²) >= 11 is 0. The molecule has 0 saturated carbocycles. The lowest BCUT2D eigenvalue weighted by atomic mass is 9.85. The maximum Gasteiger partial charge on any atom is 0.0740 e. The molecule has 0 unspecified atom stereocenters. The first kappa shape index (κ1) is 9.69. The summed E-state index contributed by atoms with van der Waals surface area (Å²) in [5.74, 6) is 0. The maximum atomic E-state index is 9.94. The molecule has 1 aromatic rings. The number of rotatable bonds is 1. The maximum absolute atomic E-state index is 9.94. The van der Waals surface area contributed by atoms with Crippen molar-refractivity contribution in [3.63, 3.8) is 0 Å². The fourth-order valence-electron chi connectivity index (χ4n) is 2.34. The molecule has 14 heavy (non-hydrogen) atoms. The van der Waals surface area contributed by atoms with Crippen molar-refractivity contribution in [1.82, 2.24) is 4.90 Å². The van der Waals surface area contributed by atoms with Gasteiger partial charge in [-0.1, -0.05) is 24.3 Å². The Labute approximate surface area is 85.2 Å². The normalized spacial score (nSPS) is 26.3. The lowest BCUT2D eigenvalue weighted by molar-refractivity contribution is 0.0614. The van der Waals surface area contributed by atoms with E-state index in [2.05, 4.69) is 23.1 Å². The van der Waals surface area contributed by atoms with E-state index in [4.69, 9.17) is 0 Å². The Hall–Kier alpha value is -0.860. The molecule has 0 fully saturated rings. The number of aryl methyl sites for hydroxylation is 1. The Bertz CT molecular complexity index is 322. The van der Waals surface area contributed by atoms with Gasteiger partial charge in [-0.3, -0.25) is 0 Å². The molecule has 2 atom stereocenters. The van der Waals surface area contributed by atoms with Crippen LogP contribution in [0.5, 0.6) is 0 Å². The van der Waals surface area contributed by atoms with Gasteiger partial charge in [-0.15, -0.1) is 0 Å². The molecule has 76 valence electrons. The molecule has 0 radical (unpaired) electrons. The molecule has 0 bridgehead atoms. The van der Waals surface area contributed by atoms with E-state index in [0.717, 1.165) is 12.8 Å². The van der Waals surface area contributed by atoms with Crippen LogP contribution in [0.15, 0.2) is 24.3 Å². The molecule has 1 aliphatic carbocycles. The highest BCUT2D eigenvalue weighted by Crippen LogP contribution is 2.32. The number of aliphatic hydroxyl groups excluding tert-OH is 1. The monoisotopic (exact) mass is 191 g/mol. The predicted octanol–water partition coefficient (Wildman–Crippen LogP) is 1.60. The first-order chi connectivity index (χ1) is 6.70. The van der Waals surface area contributed by atoms with E-state index in [1.807, 2.05) is 20.2 Å². The minimum Gasteiger partial charge on any atom is -0.391 e. The van der Waals surface area contributed by atoms with Gasteiger partial charge in [0.15, 0.2) is 0 Å². The number of benzene rings is 1. The molecule has 0 amide bonds. The summed E-state index contributed by atoms with van der Waals surface area (Å²) in [4.78, 5) is 2.10. The van der Waals surface area contributed by atoms with Gasteiger partial charge in [-0.05, 0) is 38.1 Å². The standard InChI is InChI=1S/C12H17NO/c1-13(2)12-10-6-4-3-5-9(10)7-8-11(12)14/h3-6,11-12,14H,7-8H2,1-2H3/t11-,12-/m0/s1. The number of hydrogen-bond donors (Lipinski definition) is 1. The van der Waals surface area contributed by atoms with Crippen LogP contribution in [-0.4, -0.2) is 30.2 Å². The SMILES string of the molecule is CN(C)[C@H]1c2ccccc2CC[C@@H]1O. The van der Waals surface area contributed by atoms with Gasteiger partial charge in [0.05, 0.1) is 12.1 Å². The molecule has 0 aromatic heterocycles. The quantitative estimate of drug-likeness (QED) is 0.728. The highest BCUT2D eigenvalue weighted by molar-refractivity contribution is 5.33. The van der Waals surface area contributed by atoms with Crippen LogP contribution in [0.25, 0.3) is 0 Å². The minimum atomic E-state index is -0.222. The van der Waals surface area contributed by atoms with Crippen molar-refractivity contribution >= 4 is 0 Å². The second-order valence-electron chi connectivity index (χ2n) is 4.21. The van der Waals surface area contributed by atoms with Crippen molar-refractivity contribution < 1.29 is 5.11 Å². The summed E-state index contributed by atoms with van der Waals surface area (Å²) in [5.41, 5.74) is 2.67. The zero-order valence-electron chi connectivity index (χ0n) is 8.77. The topological polar surface area (TPSA) is 23.5 Å². The van der Waals surface area contributed by atoms with Crippen molar-refractivity contribution in [3.8, 4) is 0 Å². The zero-order chi connectivity index (χ0) is 10.1. The highest BCUT2D eigenvalue weighted by Gasteiger charge is 2.28. The largest absolute Gasteiger partial charge is 0.391 e. The van der Waals surface area contributed by atoms with Gasteiger partial charge in [0, 0.05) is 0 Å². The van der Waals surface area contributed by atoms with Gasteiger partial charge >= 0.3 is 0 Å². The second-order valence-corrected chi connectivity index (χ2v) is 4.21. The summed E-state index contributed by atoms with van der Waals surface area (Å²) in [6.07, 6.45) is 1.65. The second kappa shape index (κ2) is 3.71. The van der Waals surface area contributed by atoms with E-state index in [1.165, 1.54) is 11.1 Å². The molecular weight excluding hydrogens is 174 g/mol. The molecule has 1 aromatic carbocycles. The summed E-state index contributed by atoms with van der Waals surface area (Å²) in [7, 11) is 4.05. The summed E-state index contributed by atoms with van der Waals surface area (Å²) < 4.78 is 0. The van der Waals surface area contributed by atoms with Gasteiger partial charge in [0.25, 0.3) is 0 Å². The van der Waals surface area contributed by atoms with Crippen LogP contribution < -0.4 is 0 Å². The molecule has 2 nitrogen and oxygen atoms in total. The molecular formula is C12H17NO. The molecule has 0 heterocycles. The van der Waals surface area contributed by atoms with E-state index in [9.17, 15) is 5.11 Å². The Morgan fingerprint density at radius 2 is 2.00 bits per heavy atom. The van der Waals surface area contributed by atoms with Gasteiger partial charge < -0.3 is 10.0 Å². The van der Waals surface area contributed by atoms with Crippen molar-refractivity contribution in [2.75, 3.05) is 14.1 Å². The third-order valence-electron chi connectivity index (χ3n) is 3.00. The number of likely N-dealkylation sites (N-methyl/N-ethyl adjacent to an activating group) is 1. The van der Waals surface area contributed by atoms with Crippen LogP contribution in [0.4, 0.5) is 0 Å². The molecule has 2 rings (SSSR count). The Morgan fingerprint density at radius 1 is 1.29 bits per heavy atom. The Balaban J connectivity index is 2.41. The Kier molecular flexibility index (Phi) is 2.57. The van der Waals surface area contributed by atoms with E-state index >= 15 is 0 Å². The number of hydrogen-bond acceptors (Lipinski definition) is 2. The minimum absolute atomic E-state index is 0.167. The lowest BCUT2D eigenvalue weighted by Gasteiger charge is -2.34. The van der Waals surface area contributed by atoms with Crippen LogP contribution in [-0.2, 0) is 6.42 Å². The fraction of sp³-hybridized carbons (Fsp3) is 0.500. The first-order valence-electron chi connectivity index (χ1n) is 5.12. The van der Waals surface area contributed by atoms with E-state index in [-0.39, 0.29) is 12.1 Å². The molecule has 0 aliphatic heterocycles. The Morgan fingerprint density at radius 3 is 2.71 bits per heavy atom. The van der Waals surface area contributed by atoms with Crippen molar-refractivity contribution in [2.45, 2.75) is 25.0 Å².